The molecule has 246 valence electrons. The van der Waals surface area contributed by atoms with Crippen LogP contribution in [0.5, 0.6) is 0 Å². The van der Waals surface area contributed by atoms with Gasteiger partial charge in [0.05, 0.1) is 41.2 Å². The van der Waals surface area contributed by atoms with Gasteiger partial charge in [0.15, 0.2) is 0 Å². The van der Waals surface area contributed by atoms with Gasteiger partial charge in [-0.3, -0.25) is 0 Å². The second-order valence-corrected chi connectivity index (χ2v) is 9.04. The Kier molecular flexibility index (Phi) is 28.5. The highest BCUT2D eigenvalue weighted by atomic mass is 16.7. The molecule has 12 nitrogen and oxygen atoms in total. The van der Waals surface area contributed by atoms with Gasteiger partial charge in [0.25, 0.3) is 0 Å². The maximum absolute atomic E-state index is 10.4. The van der Waals surface area contributed by atoms with E-state index < -0.39 is 18.5 Å². The maximum Gasteiger partial charge on any atom is 0.507 e. The number of methoxy groups -OCH3 is 3. The van der Waals surface area contributed by atoms with Crippen LogP contribution < -0.4 is 0 Å². The zero-order chi connectivity index (χ0) is 32.7. The number of hydrogen-bond acceptors (Lipinski definition) is 12. The number of unbranched alkanes of at least 4 members (excludes halogenated alkanes) is 6. The zero-order valence-electron chi connectivity index (χ0n) is 27.3. The van der Waals surface area contributed by atoms with Gasteiger partial charge in [-0.25, -0.2) is 14.4 Å². The number of rotatable bonds is 13. The lowest BCUT2D eigenvalue weighted by Gasteiger charge is -2.01. The number of hydrogen-bond donors (Lipinski definition) is 0. The van der Waals surface area contributed by atoms with E-state index in [9.17, 15) is 14.4 Å². The van der Waals surface area contributed by atoms with Gasteiger partial charge in [0.2, 0.25) is 11.7 Å². The molecule has 1 aromatic carbocycles. The molecule has 1 heterocycles. The second-order valence-electron chi connectivity index (χ2n) is 9.04. The molecule has 0 amide bonds. The summed E-state index contributed by atoms with van der Waals surface area (Å²) in [6, 6.07) is 8.02. The molecule has 0 fully saturated rings. The quantitative estimate of drug-likeness (QED) is 0.122. The van der Waals surface area contributed by atoms with Crippen molar-refractivity contribution in [3.63, 3.8) is 0 Å². The van der Waals surface area contributed by atoms with Crippen LogP contribution >= 0.6 is 0 Å². The molecular weight excluding hydrogens is 560 g/mol. The lowest BCUT2D eigenvalue weighted by Crippen LogP contribution is -2.05. The van der Waals surface area contributed by atoms with Crippen LogP contribution in [0.3, 0.4) is 0 Å². The van der Waals surface area contributed by atoms with Crippen molar-refractivity contribution in [3.05, 3.63) is 35.7 Å². The molecule has 0 aliphatic carbocycles. The number of aryl methyl sites for hydroxylation is 2. The number of carbonyl (C=O) groups is 3. The molecule has 0 N–H and O–H groups in total. The van der Waals surface area contributed by atoms with Crippen LogP contribution in [-0.2, 0) is 28.4 Å². The molecule has 0 saturated carbocycles. The highest BCUT2D eigenvalue weighted by Crippen LogP contribution is 2.16. The molecule has 2 aromatic rings. The van der Waals surface area contributed by atoms with Gasteiger partial charge in [-0.2, -0.15) is 4.98 Å². The standard InChI is InChI=1S/C10H10N2O.C8H16O3.C7H14O3.C6H12O3/c1-7-4-3-5-9(6-7)10-11-8(2)13-12-10;1-3-4-5-6-7-11-8(9)10-2;1-3-4-5-6-10-7(8)9-2;1-3-4-5-9-6(7)8-2/h3-6H,1-2H3;3-7H2,1-2H3;3-6H2,1-2H3;3-5H2,1-2H3. The summed E-state index contributed by atoms with van der Waals surface area (Å²) in [5.41, 5.74) is 2.19. The van der Waals surface area contributed by atoms with E-state index in [-0.39, 0.29) is 0 Å². The first-order valence-electron chi connectivity index (χ1n) is 14.7. The Morgan fingerprint density at radius 1 is 0.674 bits per heavy atom. The van der Waals surface area contributed by atoms with Gasteiger partial charge in [-0.05, 0) is 32.3 Å². The molecule has 0 saturated heterocycles. The van der Waals surface area contributed by atoms with E-state index in [1.807, 2.05) is 38.1 Å². The Balaban J connectivity index is 0. The molecule has 0 spiro atoms. The van der Waals surface area contributed by atoms with Crippen LogP contribution in [-0.4, -0.2) is 69.8 Å². The van der Waals surface area contributed by atoms with Crippen LogP contribution in [0.4, 0.5) is 14.4 Å². The van der Waals surface area contributed by atoms with Gasteiger partial charge >= 0.3 is 18.5 Å². The average molecular weight is 613 g/mol. The second kappa shape index (κ2) is 29.7. The fourth-order valence-corrected chi connectivity index (χ4v) is 2.87. The monoisotopic (exact) mass is 612 g/mol. The third-order valence-electron chi connectivity index (χ3n) is 5.21. The summed E-state index contributed by atoms with van der Waals surface area (Å²) < 4.78 is 31.6. The van der Waals surface area contributed by atoms with Gasteiger partial charge in [-0.15, -0.1) is 0 Å². The summed E-state index contributed by atoms with van der Waals surface area (Å²) in [4.78, 5) is 35.1. The normalized spacial score (nSPS) is 9.40. The van der Waals surface area contributed by atoms with Crippen molar-refractivity contribution in [2.24, 2.45) is 0 Å². The first-order chi connectivity index (χ1) is 20.7. The number of aromatic nitrogens is 2. The minimum absolute atomic E-state index is 0.461. The molecule has 0 atom stereocenters. The third kappa shape index (κ3) is 26.8. The Bertz CT molecular complexity index is 966. The molecule has 0 aliphatic heterocycles. The van der Waals surface area contributed by atoms with Gasteiger partial charge in [0.1, 0.15) is 0 Å². The first kappa shape index (κ1) is 41.3. The largest absolute Gasteiger partial charge is 0.507 e. The van der Waals surface area contributed by atoms with E-state index in [2.05, 4.69) is 52.4 Å². The van der Waals surface area contributed by atoms with E-state index in [0.29, 0.717) is 31.5 Å². The van der Waals surface area contributed by atoms with Crippen LogP contribution in [0.15, 0.2) is 28.8 Å². The van der Waals surface area contributed by atoms with Crippen LogP contribution in [0.2, 0.25) is 0 Å². The number of benzene rings is 1. The number of ether oxygens (including phenoxy) is 6. The number of carbonyl (C=O) groups excluding carboxylic acids is 3. The lowest BCUT2D eigenvalue weighted by atomic mass is 10.1. The van der Waals surface area contributed by atoms with Gasteiger partial charge in [-0.1, -0.05) is 88.2 Å². The van der Waals surface area contributed by atoms with Crippen molar-refractivity contribution in [3.8, 4) is 11.4 Å². The molecule has 0 unspecified atom stereocenters. The van der Waals surface area contributed by atoms with E-state index in [1.165, 1.54) is 39.7 Å². The highest BCUT2D eigenvalue weighted by molar-refractivity contribution is 5.60. The van der Waals surface area contributed by atoms with Crippen molar-refractivity contribution in [2.75, 3.05) is 41.2 Å². The molecule has 0 aliphatic rings. The molecule has 2 rings (SSSR count). The van der Waals surface area contributed by atoms with Crippen molar-refractivity contribution < 1.29 is 47.3 Å². The minimum Gasteiger partial charge on any atom is -0.438 e. The first-order valence-corrected chi connectivity index (χ1v) is 14.7. The fraction of sp³-hybridized carbons (Fsp3) is 0.645. The van der Waals surface area contributed by atoms with Crippen LogP contribution in [0, 0.1) is 13.8 Å². The number of nitrogens with zero attached hydrogens (tertiary/aromatic N) is 2. The Hall–Kier alpha value is -3.83. The van der Waals surface area contributed by atoms with Gasteiger partial charge in [0, 0.05) is 12.5 Å². The summed E-state index contributed by atoms with van der Waals surface area (Å²) in [6.07, 6.45) is 7.75. The molecule has 1 aromatic heterocycles. The van der Waals surface area contributed by atoms with Crippen LogP contribution in [0.25, 0.3) is 11.4 Å². The lowest BCUT2D eigenvalue weighted by molar-refractivity contribution is 0.0704. The summed E-state index contributed by atoms with van der Waals surface area (Å²) in [7, 11) is 3.92. The summed E-state index contributed by atoms with van der Waals surface area (Å²) in [5.74, 6) is 1.25. The molecule has 12 heteroatoms. The predicted octanol–water partition coefficient (Wildman–Crippen LogP) is 8.23. The Morgan fingerprint density at radius 2 is 1.14 bits per heavy atom. The van der Waals surface area contributed by atoms with Gasteiger partial charge < -0.3 is 32.9 Å². The summed E-state index contributed by atoms with van der Waals surface area (Å²) in [6.45, 7) is 11.5. The van der Waals surface area contributed by atoms with E-state index >= 15 is 0 Å². The zero-order valence-corrected chi connectivity index (χ0v) is 27.3. The molecule has 0 bridgehead atoms. The highest BCUT2D eigenvalue weighted by Gasteiger charge is 2.04. The molecule has 0 radical (unpaired) electrons. The Labute approximate surface area is 256 Å². The van der Waals surface area contributed by atoms with E-state index in [4.69, 9.17) is 4.52 Å². The topological polar surface area (TPSA) is 146 Å². The average Bonchev–Trinajstić information content (AvgIpc) is 3.46. The van der Waals surface area contributed by atoms with Crippen molar-refractivity contribution in [2.45, 2.75) is 92.4 Å². The summed E-state index contributed by atoms with van der Waals surface area (Å²) in [5, 5.41) is 3.84. The van der Waals surface area contributed by atoms with Crippen molar-refractivity contribution in [1.29, 1.82) is 0 Å². The van der Waals surface area contributed by atoms with Crippen LogP contribution in [0.1, 0.15) is 90.0 Å². The predicted molar refractivity (Wildman–Crippen MR) is 163 cm³/mol. The third-order valence-corrected chi connectivity index (χ3v) is 5.21. The van der Waals surface area contributed by atoms with Crippen molar-refractivity contribution >= 4 is 18.5 Å². The smallest absolute Gasteiger partial charge is 0.438 e. The summed E-state index contributed by atoms with van der Waals surface area (Å²) >= 11 is 0. The Morgan fingerprint density at radius 3 is 1.56 bits per heavy atom. The molecule has 43 heavy (non-hydrogen) atoms. The minimum atomic E-state index is -0.594. The SMILES string of the molecule is CCCCCCOC(=O)OC.CCCCCOC(=O)OC.CCCCOC(=O)OC.Cc1cccc(-c2noc(C)n2)c1. The maximum atomic E-state index is 10.4. The van der Waals surface area contributed by atoms with E-state index in [0.717, 1.165) is 50.5 Å². The fourth-order valence-electron chi connectivity index (χ4n) is 2.87. The molecular formula is C31H52N2O10. The van der Waals surface area contributed by atoms with Crippen molar-refractivity contribution in [1.82, 2.24) is 10.1 Å². The van der Waals surface area contributed by atoms with E-state index in [1.54, 1.807) is 6.92 Å².